The van der Waals surface area contributed by atoms with Crippen LogP contribution in [-0.2, 0) is 8.98 Å². The van der Waals surface area contributed by atoms with Gasteiger partial charge in [0, 0.05) is 6.42 Å². The van der Waals surface area contributed by atoms with E-state index in [0.717, 1.165) is 19.0 Å². The largest absolute Gasteiger partial charge is 0.351 e. The van der Waals surface area contributed by atoms with Gasteiger partial charge in [0.2, 0.25) is 13.0 Å². The highest BCUT2D eigenvalue weighted by Gasteiger charge is 2.03. The van der Waals surface area contributed by atoms with Gasteiger partial charge in [-0.25, -0.2) is 0 Å². The second-order valence-electron chi connectivity index (χ2n) is 2.20. The van der Waals surface area contributed by atoms with Crippen LogP contribution in [0.2, 0.25) is 0 Å². The third-order valence-electron chi connectivity index (χ3n) is 1.11. The highest BCUT2D eigenvalue weighted by atomic mass is 32.2. The summed E-state index contributed by atoms with van der Waals surface area (Å²) in [6.45, 7) is 4.08. The van der Waals surface area contributed by atoms with E-state index in [1.807, 2.05) is 6.92 Å². The van der Waals surface area contributed by atoms with Gasteiger partial charge in [0.05, 0.1) is 12.6 Å². The van der Waals surface area contributed by atoms with Crippen LogP contribution in [-0.4, -0.2) is 27.0 Å². The van der Waals surface area contributed by atoms with E-state index in [1.165, 1.54) is 0 Å². The summed E-state index contributed by atoms with van der Waals surface area (Å²) in [6.07, 6.45) is 0.488. The normalized spacial score (nSPS) is 13.5. The van der Waals surface area contributed by atoms with Gasteiger partial charge in [0.25, 0.3) is 0 Å². The van der Waals surface area contributed by atoms with Crippen molar-refractivity contribution in [3.05, 3.63) is 0 Å². The minimum absolute atomic E-state index is 0.00454. The Balaban J connectivity index is 3.32. The van der Waals surface area contributed by atoms with Crippen molar-refractivity contribution in [1.82, 2.24) is 5.32 Å². The van der Waals surface area contributed by atoms with Crippen molar-refractivity contribution in [3.63, 3.8) is 0 Å². The Kier molecular flexibility index (Phi) is 5.32. The minimum Gasteiger partial charge on any atom is -0.351 e. The van der Waals surface area contributed by atoms with Crippen LogP contribution < -0.4 is 5.32 Å². The summed E-state index contributed by atoms with van der Waals surface area (Å²) < 4.78 is 11.6. The lowest BCUT2D eigenvalue weighted by atomic mass is 10.3. The molecule has 1 amide bonds. The lowest BCUT2D eigenvalue weighted by Gasteiger charge is -2.11. The van der Waals surface area contributed by atoms with E-state index in [-0.39, 0.29) is 11.9 Å². The van der Waals surface area contributed by atoms with Crippen LogP contribution >= 0.6 is 11.9 Å². The molecule has 3 nitrogen and oxygen atoms in total. The maximum absolute atomic E-state index is 10.8. The number of carbonyl (C=O) groups is 1. The highest BCUT2D eigenvalue weighted by Crippen LogP contribution is 1.95. The van der Waals surface area contributed by atoms with Crippen LogP contribution in [0.3, 0.4) is 0 Å². The fraction of sp³-hybridized carbons (Fsp3) is 0.833. The van der Waals surface area contributed by atoms with Crippen LogP contribution in [0.25, 0.3) is 0 Å². The van der Waals surface area contributed by atoms with E-state index in [1.54, 1.807) is 6.92 Å². The predicted molar refractivity (Wildman–Crippen MR) is 48.6 cm³/mol. The molecule has 0 aliphatic heterocycles. The van der Waals surface area contributed by atoms with Gasteiger partial charge in [-0.3, -0.25) is 4.79 Å². The third-order valence-corrected chi connectivity index (χ3v) is 1.39. The highest BCUT2D eigenvalue weighted by molar-refractivity contribution is 8.15. The molecule has 0 aliphatic rings. The Morgan fingerprint density at radius 3 is 3.27 bits per heavy atom. The molecule has 0 bridgehead atoms. The predicted octanol–water partition coefficient (Wildman–Crippen LogP) is 0.382. The second-order valence-corrected chi connectivity index (χ2v) is 2.63. The summed E-state index contributed by atoms with van der Waals surface area (Å²) in [6, 6.07) is 0.00454. The van der Waals surface area contributed by atoms with Gasteiger partial charge in [-0.15, -0.1) is 0 Å². The van der Waals surface area contributed by atoms with E-state index in [4.69, 9.17) is 5.52 Å². The zero-order chi connectivity index (χ0) is 9.40. The molecule has 0 aliphatic carbocycles. The molecule has 0 aromatic heterocycles. The summed E-state index contributed by atoms with van der Waals surface area (Å²) in [5.74, 6) is 0.0194. The third kappa shape index (κ3) is 6.25. The fourth-order valence-electron chi connectivity index (χ4n) is 0.560. The quantitative estimate of drug-likeness (QED) is 0.361. The number of nitrogens with one attached hydrogen (secondary N) is 1. The smallest absolute Gasteiger partial charge is 0.220 e. The van der Waals surface area contributed by atoms with Gasteiger partial charge >= 0.3 is 0 Å². The molecule has 0 aromatic rings. The molecule has 0 unspecified atom stereocenters. The van der Waals surface area contributed by atoms with Gasteiger partial charge in [0.1, 0.15) is 0 Å². The first kappa shape index (κ1) is 8.94. The zero-order valence-electron chi connectivity index (χ0n) is 7.79. The molecule has 1 radical (unpaired) electrons. The van der Waals surface area contributed by atoms with Crippen molar-refractivity contribution >= 4 is 24.9 Å². The topological polar surface area (TPSA) is 38.3 Å². The monoisotopic (exact) mass is 176 g/mol. The van der Waals surface area contributed by atoms with Crippen LogP contribution in [0.15, 0.2) is 0 Å². The lowest BCUT2D eigenvalue weighted by molar-refractivity contribution is -0.121. The molecule has 0 saturated carbocycles. The summed E-state index contributed by atoms with van der Waals surface area (Å²) in [7, 11) is 1.11. The number of carbonyl (C=O) groups excluding carboxylic acids is 1. The maximum atomic E-state index is 10.8. The van der Waals surface area contributed by atoms with Crippen LogP contribution in [0.1, 0.15) is 20.3 Å². The van der Waals surface area contributed by atoms with Crippen LogP contribution in [0, 0.1) is 0 Å². The molecule has 0 heterocycles. The molecule has 0 rings (SSSR count). The van der Waals surface area contributed by atoms with Gasteiger partial charge in [-0.1, -0.05) is 18.8 Å². The summed E-state index contributed by atoms with van der Waals surface area (Å²) in [5.41, 5.74) is 0. The van der Waals surface area contributed by atoms with Gasteiger partial charge in [-0.2, -0.15) is 0 Å². The average molecular weight is 176 g/mol. The average Bonchev–Trinajstić information content (AvgIpc) is 2.05. The Labute approximate surface area is 74.1 Å². The Morgan fingerprint density at radius 1 is 2.00 bits per heavy atom. The molecule has 0 spiro atoms. The van der Waals surface area contributed by atoms with Crippen molar-refractivity contribution in [2.45, 2.75) is 26.3 Å². The number of hydrogen-bond acceptors (Lipinski definition) is 3. The van der Waals surface area contributed by atoms with Crippen LogP contribution in [0.4, 0.5) is 0 Å². The van der Waals surface area contributed by atoms with Crippen LogP contribution in [0.5, 0.6) is 0 Å². The summed E-state index contributed by atoms with van der Waals surface area (Å²) in [5, 5.41) is 2.74. The van der Waals surface area contributed by atoms with Crippen molar-refractivity contribution in [3.8, 4) is 0 Å². The second kappa shape index (κ2) is 6.55. The summed E-state index contributed by atoms with van der Waals surface area (Å²) in [4.78, 5) is 10.8. The zero-order valence-corrected chi connectivity index (χ0v) is 7.61. The number of rotatable bonds is 6. The Hall–Kier alpha value is -0.155. The van der Waals surface area contributed by atoms with E-state index in [0.29, 0.717) is 13.0 Å². The molecule has 11 heavy (non-hydrogen) atoms. The molecule has 5 heteroatoms. The Morgan fingerprint density at radius 2 is 2.73 bits per heavy atom. The van der Waals surface area contributed by atoms with Gasteiger partial charge < -0.3 is 9.50 Å². The molecule has 63 valence electrons. The molecule has 1 N–H and O–H groups in total. The maximum Gasteiger partial charge on any atom is 0.220 e. The Bertz CT molecular complexity index is 139. The van der Waals surface area contributed by atoms with E-state index < -0.39 is 0 Å². The fourth-order valence-corrected chi connectivity index (χ4v) is 0.843. The SMILES string of the molecule is [3H][B]SOC[C@@H](C)NC(=O)CC. The minimum atomic E-state index is 0.00454. The van der Waals surface area contributed by atoms with Crippen molar-refractivity contribution in [2.24, 2.45) is 0 Å². The van der Waals surface area contributed by atoms with Gasteiger partial charge in [0.15, 0.2) is 0 Å². The lowest BCUT2D eigenvalue weighted by Crippen LogP contribution is -2.34. The van der Waals surface area contributed by atoms with E-state index in [9.17, 15) is 4.79 Å². The van der Waals surface area contributed by atoms with Crippen molar-refractivity contribution in [1.29, 1.82) is 1.34 Å². The number of hydrogen-bond donors (Lipinski definition) is 1. The standard InChI is InChI=1S/C6H13BNO2S/c1-3-6(9)8-5(2)4-10-11-7/h5,7H,3-4H2,1-2H3,(H,8,9)/t5-/m1/s1/i7T. The first-order valence-electron chi connectivity index (χ1n) is 4.06. The molecular formula is C6H13BNO2S. The molecule has 1 atom stereocenters. The van der Waals surface area contributed by atoms with Crippen molar-refractivity contribution < 1.29 is 8.98 Å². The first-order valence-corrected chi connectivity index (χ1v) is 4.28. The van der Waals surface area contributed by atoms with E-state index in [2.05, 4.69) is 5.32 Å². The molecule has 0 fully saturated rings. The van der Waals surface area contributed by atoms with E-state index >= 15 is 0 Å². The first-order chi connectivity index (χ1) is 5.70. The summed E-state index contributed by atoms with van der Waals surface area (Å²) >= 11 is 0.961. The molecule has 0 aromatic carbocycles. The number of amides is 1. The molecular weight excluding hydrogens is 161 g/mol. The van der Waals surface area contributed by atoms with Gasteiger partial charge in [-0.05, 0) is 8.26 Å². The molecule has 0 saturated heterocycles. The van der Waals surface area contributed by atoms with Crippen molar-refractivity contribution in [2.75, 3.05) is 6.61 Å².